The highest BCUT2D eigenvalue weighted by atomic mass is 79.9. The number of hydrogen-bond acceptors (Lipinski definition) is 8. The molecule has 2 saturated carbocycles. The molecule has 0 radical (unpaired) electrons. The number of carbonyl (C=O) groups is 4. The van der Waals surface area contributed by atoms with Crippen LogP contribution in [0.25, 0.3) is 0 Å². The van der Waals surface area contributed by atoms with Crippen molar-refractivity contribution in [2.24, 2.45) is 21.7 Å². The Morgan fingerprint density at radius 2 is 0.935 bits per heavy atom. The third kappa shape index (κ3) is 3.89. The third-order valence-corrected chi connectivity index (χ3v) is 14.5. The molecule has 8 nitrogen and oxygen atoms in total. The first-order chi connectivity index (χ1) is 21.4. The molecule has 2 aliphatic heterocycles. The van der Waals surface area contributed by atoms with Gasteiger partial charge in [0.15, 0.2) is 0 Å². The van der Waals surface area contributed by atoms with Crippen LogP contribution >= 0.6 is 31.9 Å². The van der Waals surface area contributed by atoms with Gasteiger partial charge >= 0.3 is 23.9 Å². The average Bonchev–Trinajstić information content (AvgIpc) is 3.45. The van der Waals surface area contributed by atoms with Gasteiger partial charge in [-0.15, -0.1) is 0 Å². The van der Waals surface area contributed by atoms with Crippen molar-refractivity contribution in [2.75, 3.05) is 0 Å². The number of esters is 4. The number of carbonyl (C=O) groups excluding carboxylic acids is 4. The van der Waals surface area contributed by atoms with Crippen molar-refractivity contribution in [2.45, 2.75) is 104 Å². The van der Waals surface area contributed by atoms with Gasteiger partial charge in [0.2, 0.25) is 11.2 Å². The highest BCUT2D eigenvalue weighted by Crippen LogP contribution is 2.67. The molecule has 0 unspecified atom stereocenters. The van der Waals surface area contributed by atoms with Gasteiger partial charge in [0.25, 0.3) is 0 Å². The molecule has 0 amide bonds. The SMILES string of the molecule is CC1(C)[C@@]2(C)CC[C@@]1(C(=O)Oc1cc3c(Br)cc1CCc1cc(OC(=O)[C@]45CC[C@@](C)(C(=O)O4)C5(C)C)c(cc1Br)CC3)OC2=O. The first-order valence-electron chi connectivity index (χ1n) is 16.0. The fourth-order valence-electron chi connectivity index (χ4n) is 8.55. The van der Waals surface area contributed by atoms with E-state index >= 15 is 0 Å². The Bertz CT molecular complexity index is 1630. The summed E-state index contributed by atoms with van der Waals surface area (Å²) < 4.78 is 25.7. The zero-order chi connectivity index (χ0) is 33.2. The second kappa shape index (κ2) is 9.91. The van der Waals surface area contributed by atoms with Gasteiger partial charge in [-0.2, -0.15) is 0 Å². The van der Waals surface area contributed by atoms with Crippen LogP contribution in [0.1, 0.15) is 89.5 Å². The lowest BCUT2D eigenvalue weighted by molar-refractivity contribution is -0.176. The maximum absolute atomic E-state index is 13.9. The Labute approximate surface area is 285 Å². The number of rotatable bonds is 4. The van der Waals surface area contributed by atoms with Crippen molar-refractivity contribution in [1.29, 1.82) is 0 Å². The largest absolute Gasteiger partial charge is 0.446 e. The molecular formula is C36H38Br2O8. The van der Waals surface area contributed by atoms with Crippen molar-refractivity contribution >= 4 is 55.7 Å². The first kappa shape index (κ1) is 31.9. The monoisotopic (exact) mass is 756 g/mol. The number of ether oxygens (including phenoxy) is 4. The summed E-state index contributed by atoms with van der Waals surface area (Å²) in [6, 6.07) is 7.77. The normalized spacial score (nSPS) is 33.0. The number of hydrogen-bond donors (Lipinski definition) is 0. The summed E-state index contributed by atoms with van der Waals surface area (Å²) >= 11 is 7.46. The summed E-state index contributed by atoms with van der Waals surface area (Å²) in [5, 5.41) is 0. The van der Waals surface area contributed by atoms with Gasteiger partial charge in [-0.25, -0.2) is 9.59 Å². The summed E-state index contributed by atoms with van der Waals surface area (Å²) in [4.78, 5) is 53.4. The van der Waals surface area contributed by atoms with E-state index in [4.69, 9.17) is 18.9 Å². The molecule has 4 atom stereocenters. The van der Waals surface area contributed by atoms with Crippen molar-refractivity contribution in [3.05, 3.63) is 55.5 Å². The molecule has 0 N–H and O–H groups in total. The highest BCUT2D eigenvalue weighted by molar-refractivity contribution is 9.10. The lowest BCUT2D eigenvalue weighted by Gasteiger charge is -2.34. The fourth-order valence-corrected chi connectivity index (χ4v) is 9.72. The Balaban J connectivity index is 1.18. The smallest absolute Gasteiger partial charge is 0.356 e. The van der Waals surface area contributed by atoms with Gasteiger partial charge in [-0.1, -0.05) is 59.6 Å². The molecule has 6 aliphatic carbocycles. The second-order valence-corrected chi connectivity index (χ2v) is 16.9. The van der Waals surface area contributed by atoms with Crippen LogP contribution in [0.4, 0.5) is 0 Å². The second-order valence-electron chi connectivity index (χ2n) is 15.2. The maximum Gasteiger partial charge on any atom is 0.356 e. The molecule has 244 valence electrons. The molecule has 8 aliphatic rings. The predicted octanol–water partition coefficient (Wildman–Crippen LogP) is 7.15. The summed E-state index contributed by atoms with van der Waals surface area (Å²) in [6.07, 6.45) is 4.14. The maximum atomic E-state index is 13.9. The number of benzene rings is 2. The van der Waals surface area contributed by atoms with E-state index in [9.17, 15) is 19.2 Å². The summed E-state index contributed by atoms with van der Waals surface area (Å²) in [5.74, 6) is -0.858. The van der Waals surface area contributed by atoms with Crippen LogP contribution in [-0.2, 0) is 54.3 Å². The Hall–Kier alpha value is -2.72. The van der Waals surface area contributed by atoms with E-state index in [0.29, 0.717) is 62.9 Å². The lowest BCUT2D eigenvalue weighted by atomic mass is 9.66. The minimum Gasteiger partial charge on any atom is -0.446 e. The molecule has 2 aromatic carbocycles. The van der Waals surface area contributed by atoms with E-state index in [1.807, 2.05) is 65.8 Å². The average molecular weight is 759 g/mol. The van der Waals surface area contributed by atoms with E-state index < -0.39 is 44.8 Å². The zero-order valence-corrected chi connectivity index (χ0v) is 30.2. The fraction of sp³-hybridized carbons (Fsp3) is 0.556. The van der Waals surface area contributed by atoms with Gasteiger partial charge in [0.05, 0.1) is 10.8 Å². The Morgan fingerprint density at radius 3 is 1.24 bits per heavy atom. The summed E-state index contributed by atoms with van der Waals surface area (Å²) in [6.45, 7) is 11.4. The van der Waals surface area contributed by atoms with Crippen molar-refractivity contribution < 1.29 is 38.1 Å². The number of fused-ring (bicyclic) bond motifs is 4. The van der Waals surface area contributed by atoms with Crippen LogP contribution in [0, 0.1) is 21.7 Å². The van der Waals surface area contributed by atoms with E-state index in [1.165, 1.54) is 0 Å². The van der Waals surface area contributed by atoms with E-state index in [-0.39, 0.29) is 11.9 Å². The Kier molecular flexibility index (Phi) is 6.86. The molecule has 2 aromatic rings. The summed E-state index contributed by atoms with van der Waals surface area (Å²) in [5.41, 5.74) is -2.08. The standard InChI is InChI=1S/C36H38Br2O8/c1-31(2)33(5)11-13-35(31,45-27(33)39)29(41)43-25-17-19-8-10-22-16-24(38)20(7-9-21(25)15-23(19)37)18-26(22)44-30(42)36-14-12-34(6,28(40)46-36)32(36,3)4/h15-18H,7-14H2,1-6H3/t33-,34-,35-,36-/m0/s1. The third-order valence-electron chi connectivity index (χ3n) is 13.0. The number of aryl methyl sites for hydroxylation is 4. The van der Waals surface area contributed by atoms with Crippen LogP contribution < -0.4 is 9.47 Å². The molecule has 0 spiro atoms. The van der Waals surface area contributed by atoms with Crippen LogP contribution in [0.2, 0.25) is 0 Å². The van der Waals surface area contributed by atoms with Gasteiger partial charge in [-0.05, 0) is 112 Å². The van der Waals surface area contributed by atoms with Crippen molar-refractivity contribution in [1.82, 2.24) is 0 Å². The quantitative estimate of drug-likeness (QED) is 0.239. The molecular weight excluding hydrogens is 720 g/mol. The van der Waals surface area contributed by atoms with Crippen LogP contribution in [0.3, 0.4) is 0 Å². The lowest BCUT2D eigenvalue weighted by Crippen LogP contribution is -2.50. The molecule has 2 heterocycles. The molecule has 0 aromatic heterocycles. The van der Waals surface area contributed by atoms with Crippen LogP contribution in [-0.4, -0.2) is 35.1 Å². The van der Waals surface area contributed by atoms with Gasteiger partial charge < -0.3 is 18.9 Å². The molecule has 2 saturated heterocycles. The minimum atomic E-state index is -1.33. The highest BCUT2D eigenvalue weighted by Gasteiger charge is 2.77. The molecule has 10 heteroatoms. The van der Waals surface area contributed by atoms with Crippen LogP contribution in [0.15, 0.2) is 33.2 Å². The van der Waals surface area contributed by atoms with E-state index in [2.05, 4.69) is 31.9 Å². The van der Waals surface area contributed by atoms with E-state index in [1.54, 1.807) is 0 Å². The molecule has 8 bridgehead atoms. The first-order valence-corrected chi connectivity index (χ1v) is 17.6. The predicted molar refractivity (Wildman–Crippen MR) is 174 cm³/mol. The minimum absolute atomic E-state index is 0.347. The van der Waals surface area contributed by atoms with Gasteiger partial charge in [-0.3, -0.25) is 9.59 Å². The molecule has 4 fully saturated rings. The van der Waals surface area contributed by atoms with Gasteiger partial charge in [0, 0.05) is 19.8 Å². The Morgan fingerprint density at radius 1 is 0.587 bits per heavy atom. The topological polar surface area (TPSA) is 105 Å². The summed E-state index contributed by atoms with van der Waals surface area (Å²) in [7, 11) is 0. The van der Waals surface area contributed by atoms with Crippen molar-refractivity contribution in [3.63, 3.8) is 0 Å². The van der Waals surface area contributed by atoms with Crippen molar-refractivity contribution in [3.8, 4) is 11.5 Å². The molecule has 10 rings (SSSR count). The van der Waals surface area contributed by atoms with Gasteiger partial charge in [0.1, 0.15) is 11.5 Å². The van der Waals surface area contributed by atoms with E-state index in [0.717, 1.165) is 31.2 Å². The number of halogens is 2. The zero-order valence-electron chi connectivity index (χ0n) is 27.0. The molecule has 46 heavy (non-hydrogen) atoms. The van der Waals surface area contributed by atoms with Crippen LogP contribution in [0.5, 0.6) is 11.5 Å².